The molecule has 2 aliphatic heterocycles. The van der Waals surface area contributed by atoms with Crippen LogP contribution in [0.25, 0.3) is 5.69 Å². The summed E-state index contributed by atoms with van der Waals surface area (Å²) in [5, 5.41) is 13.5. The molecule has 37 heavy (non-hydrogen) atoms. The number of likely N-dealkylation sites (N-methyl/N-ethyl adjacent to an activating group) is 1. The van der Waals surface area contributed by atoms with Gasteiger partial charge in [-0.2, -0.15) is 23.5 Å². The number of ether oxygens (including phenoxy) is 2. The van der Waals surface area contributed by atoms with Crippen molar-refractivity contribution in [1.82, 2.24) is 14.7 Å². The topological polar surface area (TPSA) is 83.6 Å². The molecule has 0 radical (unpaired) electrons. The number of halogens is 5. The Morgan fingerprint density at radius 3 is 2.62 bits per heavy atom. The van der Waals surface area contributed by atoms with Crippen molar-refractivity contribution in [3.05, 3.63) is 65.0 Å². The van der Waals surface area contributed by atoms with Crippen molar-refractivity contribution < 1.29 is 36.2 Å². The molecule has 3 heterocycles. The van der Waals surface area contributed by atoms with E-state index in [0.29, 0.717) is 0 Å². The van der Waals surface area contributed by atoms with Crippen LogP contribution < -0.4 is 14.4 Å². The predicted molar refractivity (Wildman–Crippen MR) is 119 cm³/mol. The molecule has 0 fully saturated rings. The highest BCUT2D eigenvalue weighted by molar-refractivity contribution is 6.06. The maximum absolute atomic E-state index is 13.8. The van der Waals surface area contributed by atoms with Gasteiger partial charge >= 0.3 is 12.5 Å². The van der Waals surface area contributed by atoms with E-state index in [2.05, 4.69) is 14.6 Å². The van der Waals surface area contributed by atoms with Crippen molar-refractivity contribution in [3.63, 3.8) is 0 Å². The molecule has 0 saturated carbocycles. The first kappa shape index (κ1) is 24.5. The minimum Gasteiger partial charge on any atom is -0.395 e. The van der Waals surface area contributed by atoms with Crippen molar-refractivity contribution in [1.29, 1.82) is 5.26 Å². The van der Waals surface area contributed by atoms with E-state index in [1.807, 2.05) is 6.07 Å². The van der Waals surface area contributed by atoms with Gasteiger partial charge in [-0.3, -0.25) is 4.79 Å². The van der Waals surface area contributed by atoms with Crippen molar-refractivity contribution >= 4 is 11.6 Å². The molecule has 192 valence electrons. The second-order valence-corrected chi connectivity index (χ2v) is 8.71. The number of hydrogen-bond acceptors (Lipinski definition) is 6. The molecule has 1 unspecified atom stereocenters. The molecular formula is C24H18F5N5O3. The number of amides is 1. The zero-order chi connectivity index (χ0) is 26.7. The number of anilines is 1. The molecule has 3 aromatic rings. The number of fused-ring (bicyclic) bond motifs is 2. The number of rotatable bonds is 3. The normalized spacial score (nSPS) is 18.3. The molecule has 13 heteroatoms. The Kier molecular flexibility index (Phi) is 5.60. The van der Waals surface area contributed by atoms with Crippen molar-refractivity contribution in [2.24, 2.45) is 0 Å². The Hall–Kier alpha value is -4.18. The number of carbonyl (C=O) groups is 1. The van der Waals surface area contributed by atoms with Crippen LogP contribution >= 0.6 is 0 Å². The maximum Gasteiger partial charge on any atom is 0.586 e. The van der Waals surface area contributed by atoms with E-state index in [4.69, 9.17) is 0 Å². The van der Waals surface area contributed by atoms with Crippen LogP contribution in [0.5, 0.6) is 11.5 Å². The standard InChI is InChI=1S/C24H18F5N5O3/c1-32-11-14(10-30)20-17(12-32)21(23(25,26)27)31-34(20)16-5-3-4-13(8-16)22(35)33(2)15-6-7-18-19(9-15)37-24(28,29)36-18/h3-9,14H,11-12H2,1-2H3. The first-order valence-corrected chi connectivity index (χ1v) is 10.9. The molecule has 5 rings (SSSR count). The van der Waals surface area contributed by atoms with Gasteiger partial charge in [-0.15, -0.1) is 8.78 Å². The maximum atomic E-state index is 13.8. The largest absolute Gasteiger partial charge is 0.586 e. The lowest BCUT2D eigenvalue weighted by molar-refractivity contribution is -0.286. The summed E-state index contributed by atoms with van der Waals surface area (Å²) in [6.45, 7) is 0.184. The van der Waals surface area contributed by atoms with Gasteiger partial charge in [-0.05, 0) is 37.4 Å². The van der Waals surface area contributed by atoms with Crippen molar-refractivity contribution in [2.75, 3.05) is 25.5 Å². The van der Waals surface area contributed by atoms with Crippen molar-refractivity contribution in [2.45, 2.75) is 24.9 Å². The van der Waals surface area contributed by atoms with E-state index < -0.39 is 30.0 Å². The minimum atomic E-state index is -4.74. The van der Waals surface area contributed by atoms with Gasteiger partial charge in [0.2, 0.25) is 0 Å². The van der Waals surface area contributed by atoms with Crippen LogP contribution in [0, 0.1) is 11.3 Å². The Bertz CT molecular complexity index is 1450. The summed E-state index contributed by atoms with van der Waals surface area (Å²) < 4.78 is 78.0. The van der Waals surface area contributed by atoms with E-state index in [1.54, 1.807) is 11.9 Å². The Labute approximate surface area is 207 Å². The SMILES string of the molecule is CN1Cc2c(C(F)(F)F)nn(-c3cccc(C(=O)N(C)c4ccc5c(c4)OC(F)(F)O5)c3)c2C(C#N)C1. The van der Waals surface area contributed by atoms with Gasteiger partial charge in [-0.25, -0.2) is 4.68 Å². The van der Waals surface area contributed by atoms with Crippen LogP contribution in [0.3, 0.4) is 0 Å². The smallest absolute Gasteiger partial charge is 0.395 e. The van der Waals surface area contributed by atoms with E-state index in [9.17, 15) is 32.0 Å². The molecule has 1 aromatic heterocycles. The number of hydrogen-bond donors (Lipinski definition) is 0. The van der Waals surface area contributed by atoms with Gasteiger partial charge in [0.05, 0.1) is 17.5 Å². The van der Waals surface area contributed by atoms with Gasteiger partial charge in [0.1, 0.15) is 5.92 Å². The number of aromatic nitrogens is 2. The molecule has 0 N–H and O–H groups in total. The predicted octanol–water partition coefficient (Wildman–Crippen LogP) is 4.54. The highest BCUT2D eigenvalue weighted by atomic mass is 19.4. The summed E-state index contributed by atoms with van der Waals surface area (Å²) in [5.41, 5.74) is -0.552. The molecule has 1 amide bonds. The fourth-order valence-corrected chi connectivity index (χ4v) is 4.46. The zero-order valence-electron chi connectivity index (χ0n) is 19.4. The molecule has 2 aromatic carbocycles. The summed E-state index contributed by atoms with van der Waals surface area (Å²) in [6.07, 6.45) is -8.55. The zero-order valence-corrected chi connectivity index (χ0v) is 19.4. The van der Waals surface area contributed by atoms with Crippen LogP contribution in [0.1, 0.15) is 33.2 Å². The average molecular weight is 519 g/mol. The van der Waals surface area contributed by atoms with E-state index in [1.165, 1.54) is 54.4 Å². The summed E-state index contributed by atoms with van der Waals surface area (Å²) in [5.74, 6) is -1.86. The molecular weight excluding hydrogens is 501 g/mol. The second kappa shape index (κ2) is 8.45. The van der Waals surface area contributed by atoms with Gasteiger partial charge in [0, 0.05) is 43.0 Å². The molecule has 2 aliphatic rings. The van der Waals surface area contributed by atoms with E-state index in [0.717, 1.165) is 4.68 Å². The van der Waals surface area contributed by atoms with Gasteiger partial charge in [-0.1, -0.05) is 6.07 Å². The lowest BCUT2D eigenvalue weighted by Gasteiger charge is -2.27. The molecule has 0 saturated heterocycles. The van der Waals surface area contributed by atoms with Crippen LogP contribution in [0.4, 0.5) is 27.6 Å². The summed E-state index contributed by atoms with van der Waals surface area (Å²) in [4.78, 5) is 16.0. The van der Waals surface area contributed by atoms with Crippen LogP contribution in [-0.2, 0) is 12.7 Å². The number of alkyl halides is 5. The Morgan fingerprint density at radius 2 is 1.92 bits per heavy atom. The monoisotopic (exact) mass is 519 g/mol. The third-order valence-electron chi connectivity index (χ3n) is 6.11. The Balaban J connectivity index is 1.51. The summed E-state index contributed by atoms with van der Waals surface area (Å²) >= 11 is 0. The van der Waals surface area contributed by atoms with Gasteiger partial charge in [0.15, 0.2) is 17.2 Å². The Morgan fingerprint density at radius 1 is 1.19 bits per heavy atom. The van der Waals surface area contributed by atoms with Crippen LogP contribution in [0.15, 0.2) is 42.5 Å². The van der Waals surface area contributed by atoms with Gasteiger partial charge < -0.3 is 19.3 Å². The fraction of sp³-hybridized carbons (Fsp3) is 0.292. The molecule has 1 atom stereocenters. The molecule has 8 nitrogen and oxygen atoms in total. The third-order valence-corrected chi connectivity index (χ3v) is 6.11. The molecule has 0 aliphatic carbocycles. The number of nitriles is 1. The summed E-state index contributed by atoms with van der Waals surface area (Å²) in [6, 6.07) is 11.7. The minimum absolute atomic E-state index is 0.0348. The van der Waals surface area contributed by atoms with Crippen molar-refractivity contribution in [3.8, 4) is 23.3 Å². The lowest BCUT2D eigenvalue weighted by Crippen LogP contribution is -2.31. The first-order chi connectivity index (χ1) is 17.4. The van der Waals surface area contributed by atoms with Crippen LogP contribution in [0.2, 0.25) is 0 Å². The highest BCUT2D eigenvalue weighted by Gasteiger charge is 2.44. The van der Waals surface area contributed by atoms with E-state index >= 15 is 0 Å². The number of carbonyl (C=O) groups excluding carboxylic acids is 1. The first-order valence-electron chi connectivity index (χ1n) is 10.9. The summed E-state index contributed by atoms with van der Waals surface area (Å²) in [7, 11) is 3.03. The lowest BCUT2D eigenvalue weighted by atomic mass is 9.95. The number of nitrogens with zero attached hydrogens (tertiary/aromatic N) is 5. The third kappa shape index (κ3) is 4.33. The molecule has 0 bridgehead atoms. The van der Waals surface area contributed by atoms with E-state index in [-0.39, 0.29) is 52.8 Å². The molecule has 0 spiro atoms. The van der Waals surface area contributed by atoms with Gasteiger partial charge in [0.25, 0.3) is 5.91 Å². The fourth-order valence-electron chi connectivity index (χ4n) is 4.46. The second-order valence-electron chi connectivity index (χ2n) is 8.71. The average Bonchev–Trinajstić information content (AvgIpc) is 3.38. The number of benzene rings is 2. The quantitative estimate of drug-likeness (QED) is 0.473. The van der Waals surface area contributed by atoms with Crippen LogP contribution in [-0.4, -0.2) is 47.5 Å². The highest BCUT2D eigenvalue weighted by Crippen LogP contribution is 2.43.